The molecular weight excluding hydrogens is 488 g/mol. The zero-order valence-electron chi connectivity index (χ0n) is 21.9. The summed E-state index contributed by atoms with van der Waals surface area (Å²) in [7, 11) is -4.23. The summed E-state index contributed by atoms with van der Waals surface area (Å²) in [5, 5.41) is 0. The van der Waals surface area contributed by atoms with Crippen LogP contribution in [0.4, 0.5) is 10.5 Å². The van der Waals surface area contributed by atoms with Crippen molar-refractivity contribution in [3.63, 3.8) is 0 Å². The molecule has 0 N–H and O–H groups in total. The molecule has 0 saturated heterocycles. The Morgan fingerprint density at radius 2 is 1.73 bits per heavy atom. The average molecular weight is 521 g/mol. The van der Waals surface area contributed by atoms with Crippen LogP contribution in [0.15, 0.2) is 59.5 Å². The van der Waals surface area contributed by atoms with Gasteiger partial charge in [0.15, 0.2) is 0 Å². The number of rotatable bonds is 8. The van der Waals surface area contributed by atoms with Crippen molar-refractivity contribution in [2.45, 2.75) is 58.8 Å². The lowest BCUT2D eigenvalue weighted by Gasteiger charge is -2.23. The van der Waals surface area contributed by atoms with E-state index in [-0.39, 0.29) is 17.2 Å². The van der Waals surface area contributed by atoms with Gasteiger partial charge in [-0.25, -0.2) is 18.2 Å². The van der Waals surface area contributed by atoms with E-state index < -0.39 is 16.1 Å². The van der Waals surface area contributed by atoms with Crippen LogP contribution in [-0.2, 0) is 21.2 Å². The predicted molar refractivity (Wildman–Crippen MR) is 145 cm³/mol. The number of hydrogen-bond donors (Lipinski definition) is 0. The summed E-state index contributed by atoms with van der Waals surface area (Å²) in [6, 6.07) is 15.2. The number of benzene rings is 2. The van der Waals surface area contributed by atoms with E-state index >= 15 is 0 Å². The Labute approximate surface area is 218 Å². The molecule has 9 heteroatoms. The number of aromatic nitrogens is 3. The van der Waals surface area contributed by atoms with Crippen molar-refractivity contribution in [1.82, 2.24) is 14.5 Å². The first-order valence-corrected chi connectivity index (χ1v) is 13.9. The third kappa shape index (κ3) is 5.22. The first-order valence-electron chi connectivity index (χ1n) is 12.4. The van der Waals surface area contributed by atoms with Crippen molar-refractivity contribution in [3.05, 3.63) is 77.4 Å². The van der Waals surface area contributed by atoms with Crippen molar-refractivity contribution in [2.24, 2.45) is 0 Å². The van der Waals surface area contributed by atoms with Gasteiger partial charge in [0.2, 0.25) is 0 Å². The van der Waals surface area contributed by atoms with Gasteiger partial charge in [0.1, 0.15) is 11.3 Å². The number of carbonyl (C=O) groups is 1. The lowest BCUT2D eigenvalue weighted by molar-refractivity contribution is 0.164. The molecule has 8 nitrogen and oxygen atoms in total. The molecule has 1 amide bonds. The van der Waals surface area contributed by atoms with Gasteiger partial charge in [-0.1, -0.05) is 37.1 Å². The number of anilines is 1. The number of aryl methyl sites for hydroxylation is 4. The van der Waals surface area contributed by atoms with E-state index in [1.165, 1.54) is 12.1 Å². The van der Waals surface area contributed by atoms with Crippen molar-refractivity contribution in [2.75, 3.05) is 10.9 Å². The zero-order valence-corrected chi connectivity index (χ0v) is 22.7. The molecule has 194 valence electrons. The molecule has 0 unspecified atom stereocenters. The van der Waals surface area contributed by atoms with Gasteiger partial charge in [-0.15, -0.1) is 0 Å². The van der Waals surface area contributed by atoms with Gasteiger partial charge < -0.3 is 4.74 Å². The second-order valence-electron chi connectivity index (χ2n) is 8.99. The number of amides is 1. The van der Waals surface area contributed by atoms with Crippen molar-refractivity contribution < 1.29 is 17.9 Å². The highest BCUT2D eigenvalue weighted by Gasteiger charge is 2.32. The Morgan fingerprint density at radius 3 is 2.41 bits per heavy atom. The number of ether oxygens (including phenoxy) is 1. The van der Waals surface area contributed by atoms with E-state index in [2.05, 4.69) is 11.9 Å². The monoisotopic (exact) mass is 520 g/mol. The van der Waals surface area contributed by atoms with Gasteiger partial charge in [0.25, 0.3) is 10.0 Å². The van der Waals surface area contributed by atoms with E-state index in [1.54, 1.807) is 37.3 Å². The molecule has 2 heterocycles. The predicted octanol–water partition coefficient (Wildman–Crippen LogP) is 6.04. The van der Waals surface area contributed by atoms with Crippen LogP contribution in [0.1, 0.15) is 49.5 Å². The molecular formula is C28H32N4O4S. The van der Waals surface area contributed by atoms with Crippen molar-refractivity contribution in [3.8, 4) is 5.69 Å². The smallest absolute Gasteiger partial charge is 0.428 e. The van der Waals surface area contributed by atoms with E-state index in [4.69, 9.17) is 9.72 Å². The highest BCUT2D eigenvalue weighted by atomic mass is 32.2. The third-order valence-electron chi connectivity index (χ3n) is 6.08. The minimum absolute atomic E-state index is 0.00518. The van der Waals surface area contributed by atoms with Crippen LogP contribution < -0.4 is 4.31 Å². The fraction of sp³-hybridized carbons (Fsp3) is 0.321. The number of hydrogen-bond acceptors (Lipinski definition) is 6. The highest BCUT2D eigenvalue weighted by molar-refractivity contribution is 7.93. The molecule has 0 radical (unpaired) electrons. The fourth-order valence-corrected chi connectivity index (χ4v) is 5.65. The van der Waals surface area contributed by atoms with Crippen LogP contribution >= 0.6 is 0 Å². The number of sulfonamides is 1. The van der Waals surface area contributed by atoms with E-state index in [1.807, 2.05) is 37.5 Å². The second kappa shape index (κ2) is 10.7. The number of carbonyl (C=O) groups excluding carboxylic acids is 1. The van der Waals surface area contributed by atoms with Crippen LogP contribution in [0.5, 0.6) is 0 Å². The molecule has 37 heavy (non-hydrogen) atoms. The van der Waals surface area contributed by atoms with E-state index in [9.17, 15) is 13.2 Å². The third-order valence-corrected chi connectivity index (χ3v) is 7.79. The summed E-state index contributed by atoms with van der Waals surface area (Å²) in [6.45, 7) is 9.54. The summed E-state index contributed by atoms with van der Waals surface area (Å²) in [4.78, 5) is 22.5. The molecule has 0 aliphatic heterocycles. The van der Waals surface area contributed by atoms with Crippen molar-refractivity contribution >= 4 is 32.8 Å². The first kappa shape index (κ1) is 26.3. The normalized spacial score (nSPS) is 11.6. The Bertz CT molecular complexity index is 1540. The lowest BCUT2D eigenvalue weighted by atomic mass is 10.2. The Morgan fingerprint density at radius 1 is 1.00 bits per heavy atom. The summed E-state index contributed by atoms with van der Waals surface area (Å²) in [5.74, 6) is 0.855. The minimum atomic E-state index is -4.23. The maximum Gasteiger partial charge on any atom is 0.428 e. The molecule has 0 saturated carbocycles. The molecule has 2 aromatic carbocycles. The molecule has 0 bridgehead atoms. The largest absolute Gasteiger partial charge is 0.449 e. The highest BCUT2D eigenvalue weighted by Crippen LogP contribution is 2.30. The average Bonchev–Trinajstić information content (AvgIpc) is 3.22. The first-order chi connectivity index (χ1) is 17.7. The number of pyridine rings is 1. The molecule has 0 spiro atoms. The van der Waals surface area contributed by atoms with Gasteiger partial charge in [0.05, 0.1) is 28.4 Å². The SMILES string of the molecule is CCCCc1nc2c(C)nc(C)cc2n1-c1cccc(N(C(=O)OCC)S(=O)(=O)c2ccc(C)cc2)c1. The second-order valence-corrected chi connectivity index (χ2v) is 10.8. The fourth-order valence-electron chi connectivity index (χ4n) is 4.32. The molecule has 4 rings (SSSR count). The minimum Gasteiger partial charge on any atom is -0.449 e. The van der Waals surface area contributed by atoms with Crippen LogP contribution in [0.25, 0.3) is 16.7 Å². The summed E-state index contributed by atoms with van der Waals surface area (Å²) in [6.07, 6.45) is 1.74. The summed E-state index contributed by atoms with van der Waals surface area (Å²) < 4.78 is 35.3. The van der Waals surface area contributed by atoms with Gasteiger partial charge in [-0.2, -0.15) is 4.31 Å². The maximum absolute atomic E-state index is 13.7. The van der Waals surface area contributed by atoms with Gasteiger partial charge in [-0.05, 0) is 70.5 Å². The molecule has 0 aliphatic rings. The summed E-state index contributed by atoms with van der Waals surface area (Å²) >= 11 is 0. The number of imidazole rings is 1. The van der Waals surface area contributed by atoms with Crippen LogP contribution in [0.2, 0.25) is 0 Å². The Hall–Kier alpha value is -3.72. The van der Waals surface area contributed by atoms with Gasteiger partial charge in [-0.3, -0.25) is 9.55 Å². The zero-order chi connectivity index (χ0) is 26.7. The topological polar surface area (TPSA) is 94.4 Å². The molecule has 2 aromatic heterocycles. The molecule has 0 atom stereocenters. The van der Waals surface area contributed by atoms with E-state index in [0.717, 1.165) is 57.4 Å². The van der Waals surface area contributed by atoms with E-state index in [0.29, 0.717) is 5.69 Å². The Balaban J connectivity index is 1.91. The Kier molecular flexibility index (Phi) is 7.63. The number of nitrogens with zero attached hydrogens (tertiary/aromatic N) is 4. The van der Waals surface area contributed by atoms with Gasteiger partial charge >= 0.3 is 6.09 Å². The van der Waals surface area contributed by atoms with Crippen LogP contribution in [-0.4, -0.2) is 35.7 Å². The molecule has 4 aromatic rings. The van der Waals surface area contributed by atoms with Crippen LogP contribution in [0, 0.1) is 20.8 Å². The quantitative estimate of drug-likeness (QED) is 0.281. The summed E-state index contributed by atoms with van der Waals surface area (Å²) in [5.41, 5.74) is 5.17. The number of fused-ring (bicyclic) bond motifs is 1. The lowest BCUT2D eigenvalue weighted by Crippen LogP contribution is -2.37. The van der Waals surface area contributed by atoms with Crippen LogP contribution in [0.3, 0.4) is 0 Å². The standard InChI is InChI=1S/C28H32N4O4S/c1-6-8-12-26-30-27-21(5)29-20(4)17-25(27)31(26)22-10-9-11-23(18-22)32(28(33)36-7-2)37(34,35)24-15-13-19(3)14-16-24/h9-11,13-18H,6-8,12H2,1-5H3. The van der Waals surface area contributed by atoms with Gasteiger partial charge in [0, 0.05) is 17.8 Å². The molecule has 0 aliphatic carbocycles. The molecule has 0 fully saturated rings. The number of unbranched alkanes of at least 4 members (excludes halogenated alkanes) is 1. The van der Waals surface area contributed by atoms with Crippen molar-refractivity contribution in [1.29, 1.82) is 0 Å². The maximum atomic E-state index is 13.7.